The van der Waals surface area contributed by atoms with Crippen LogP contribution in [0.15, 0.2) is 30.3 Å². The second-order valence-electron chi connectivity index (χ2n) is 5.82. The molecule has 0 aliphatic rings. The van der Waals surface area contributed by atoms with Crippen LogP contribution in [0.1, 0.15) is 37.1 Å². The van der Waals surface area contributed by atoms with Crippen molar-refractivity contribution < 1.29 is 23.0 Å². The van der Waals surface area contributed by atoms with E-state index in [4.69, 9.17) is 9.84 Å². The second-order valence-corrected chi connectivity index (χ2v) is 5.82. The molecule has 4 nitrogen and oxygen atoms in total. The Kier molecular flexibility index (Phi) is 5.88. The van der Waals surface area contributed by atoms with Gasteiger partial charge in [-0.3, -0.25) is 4.68 Å². The maximum atomic E-state index is 12.6. The molecule has 1 heterocycles. The monoisotopic (exact) mass is 342 g/mol. The average molecular weight is 342 g/mol. The first-order valence-electron chi connectivity index (χ1n) is 7.80. The number of halogens is 3. The van der Waals surface area contributed by atoms with Gasteiger partial charge in [-0.1, -0.05) is 12.1 Å². The van der Waals surface area contributed by atoms with Crippen LogP contribution < -0.4 is 4.74 Å². The summed E-state index contributed by atoms with van der Waals surface area (Å²) in [4.78, 5) is 0. The Morgan fingerprint density at radius 1 is 1.21 bits per heavy atom. The summed E-state index contributed by atoms with van der Waals surface area (Å²) >= 11 is 0. The molecular weight excluding hydrogens is 321 g/mol. The summed E-state index contributed by atoms with van der Waals surface area (Å²) in [6, 6.07) is 6.84. The summed E-state index contributed by atoms with van der Waals surface area (Å²) in [5.74, 6) is 0.477. The van der Waals surface area contributed by atoms with Crippen molar-refractivity contribution in [2.45, 2.75) is 45.5 Å². The number of nitrogens with zero attached hydrogens (tertiary/aromatic N) is 2. The standard InChI is InChI=1S/C17H21F3N2O2/c1-12(2)24-16-10-15(4-3-9-23)22(21-16)11-13-5-7-14(8-6-13)17(18,19)20/h5-8,10,12,23H,3-4,9,11H2,1-2H3. The number of aromatic nitrogens is 2. The first-order chi connectivity index (χ1) is 11.3. The molecule has 0 amide bonds. The van der Waals surface area contributed by atoms with Crippen molar-refractivity contribution in [3.63, 3.8) is 0 Å². The fourth-order valence-electron chi connectivity index (χ4n) is 2.30. The van der Waals surface area contributed by atoms with Gasteiger partial charge in [-0.05, 0) is 44.4 Å². The third-order valence-corrected chi connectivity index (χ3v) is 3.40. The largest absolute Gasteiger partial charge is 0.474 e. The van der Waals surface area contributed by atoms with Gasteiger partial charge in [0.1, 0.15) is 0 Å². The minimum Gasteiger partial charge on any atom is -0.474 e. The zero-order valence-electron chi connectivity index (χ0n) is 13.7. The molecule has 1 N–H and O–H groups in total. The van der Waals surface area contributed by atoms with E-state index in [1.807, 2.05) is 13.8 Å². The molecule has 0 saturated heterocycles. The van der Waals surface area contributed by atoms with Gasteiger partial charge in [0.2, 0.25) is 5.88 Å². The van der Waals surface area contributed by atoms with Crippen molar-refractivity contribution in [1.82, 2.24) is 9.78 Å². The Morgan fingerprint density at radius 2 is 1.88 bits per heavy atom. The molecule has 0 aliphatic carbocycles. The molecule has 0 spiro atoms. The van der Waals surface area contributed by atoms with E-state index < -0.39 is 11.7 Å². The maximum Gasteiger partial charge on any atom is 0.416 e. The fraction of sp³-hybridized carbons (Fsp3) is 0.471. The second kappa shape index (κ2) is 7.70. The minimum absolute atomic E-state index is 0.0230. The van der Waals surface area contributed by atoms with E-state index in [0.717, 1.165) is 17.8 Å². The number of alkyl halides is 3. The van der Waals surface area contributed by atoms with Crippen molar-refractivity contribution in [3.05, 3.63) is 47.2 Å². The number of hydrogen-bond donors (Lipinski definition) is 1. The SMILES string of the molecule is CC(C)Oc1cc(CCCO)n(Cc2ccc(C(F)(F)F)cc2)n1. The Labute approximate surface area is 138 Å². The smallest absolute Gasteiger partial charge is 0.416 e. The first kappa shape index (κ1) is 18.3. The van der Waals surface area contributed by atoms with Gasteiger partial charge in [-0.25, -0.2) is 0 Å². The highest BCUT2D eigenvalue weighted by molar-refractivity contribution is 5.26. The molecule has 0 fully saturated rings. The minimum atomic E-state index is -4.34. The first-order valence-corrected chi connectivity index (χ1v) is 7.80. The molecule has 24 heavy (non-hydrogen) atoms. The molecule has 1 aromatic heterocycles. The predicted octanol–water partition coefficient (Wildman–Crippen LogP) is 3.66. The van der Waals surface area contributed by atoms with Crippen LogP contribution in [0.5, 0.6) is 5.88 Å². The van der Waals surface area contributed by atoms with Crippen LogP contribution in [0.2, 0.25) is 0 Å². The lowest BCUT2D eigenvalue weighted by molar-refractivity contribution is -0.137. The summed E-state index contributed by atoms with van der Waals surface area (Å²) in [5.41, 5.74) is 0.920. The molecule has 132 valence electrons. The van der Waals surface area contributed by atoms with E-state index in [1.54, 1.807) is 10.7 Å². The highest BCUT2D eigenvalue weighted by Crippen LogP contribution is 2.29. The number of ether oxygens (including phenoxy) is 1. The van der Waals surface area contributed by atoms with Crippen LogP contribution in [0.4, 0.5) is 13.2 Å². The van der Waals surface area contributed by atoms with Gasteiger partial charge in [-0.2, -0.15) is 13.2 Å². The summed E-state index contributed by atoms with van der Waals surface area (Å²) < 4.78 is 45.1. The summed E-state index contributed by atoms with van der Waals surface area (Å²) in [6.45, 7) is 4.19. The van der Waals surface area contributed by atoms with Gasteiger partial charge >= 0.3 is 6.18 Å². The molecule has 1 aromatic carbocycles. The van der Waals surface area contributed by atoms with E-state index in [0.29, 0.717) is 30.8 Å². The van der Waals surface area contributed by atoms with Crippen LogP contribution in [-0.2, 0) is 19.1 Å². The molecule has 0 unspecified atom stereocenters. The number of rotatable bonds is 7. The van der Waals surface area contributed by atoms with E-state index in [9.17, 15) is 13.2 Å². The highest BCUT2D eigenvalue weighted by Gasteiger charge is 2.29. The van der Waals surface area contributed by atoms with Crippen molar-refractivity contribution in [2.75, 3.05) is 6.61 Å². The van der Waals surface area contributed by atoms with Gasteiger partial charge in [0.25, 0.3) is 0 Å². The quantitative estimate of drug-likeness (QED) is 0.835. The van der Waals surface area contributed by atoms with Crippen LogP contribution >= 0.6 is 0 Å². The third-order valence-electron chi connectivity index (χ3n) is 3.40. The molecule has 0 radical (unpaired) electrons. The number of benzene rings is 1. The van der Waals surface area contributed by atoms with Crippen molar-refractivity contribution in [3.8, 4) is 5.88 Å². The van der Waals surface area contributed by atoms with Crippen LogP contribution in [-0.4, -0.2) is 27.6 Å². The van der Waals surface area contributed by atoms with Gasteiger partial charge in [-0.15, -0.1) is 5.10 Å². The Bertz CT molecular complexity index is 649. The number of aliphatic hydroxyl groups excluding tert-OH is 1. The predicted molar refractivity (Wildman–Crippen MR) is 83.9 cm³/mol. The average Bonchev–Trinajstić information content (AvgIpc) is 2.85. The zero-order chi connectivity index (χ0) is 17.7. The van der Waals surface area contributed by atoms with Crippen molar-refractivity contribution in [1.29, 1.82) is 0 Å². The molecule has 0 saturated carbocycles. The highest BCUT2D eigenvalue weighted by atomic mass is 19.4. The van der Waals surface area contributed by atoms with Gasteiger partial charge < -0.3 is 9.84 Å². The number of aliphatic hydroxyl groups is 1. The number of aryl methyl sites for hydroxylation is 1. The molecule has 0 atom stereocenters. The van der Waals surface area contributed by atoms with Gasteiger partial charge in [0.15, 0.2) is 0 Å². The molecule has 0 bridgehead atoms. The van der Waals surface area contributed by atoms with Gasteiger partial charge in [0.05, 0.1) is 18.2 Å². The maximum absolute atomic E-state index is 12.6. The topological polar surface area (TPSA) is 47.3 Å². The molecular formula is C17H21F3N2O2. The lowest BCUT2D eigenvalue weighted by atomic mass is 10.1. The van der Waals surface area contributed by atoms with Crippen LogP contribution in [0.25, 0.3) is 0 Å². The van der Waals surface area contributed by atoms with E-state index in [1.165, 1.54) is 12.1 Å². The van der Waals surface area contributed by atoms with Crippen molar-refractivity contribution in [2.24, 2.45) is 0 Å². The third kappa shape index (κ3) is 4.99. The van der Waals surface area contributed by atoms with Crippen LogP contribution in [0, 0.1) is 0 Å². The fourth-order valence-corrected chi connectivity index (χ4v) is 2.30. The molecule has 2 rings (SSSR count). The Balaban J connectivity index is 2.18. The molecule has 0 aliphatic heterocycles. The summed E-state index contributed by atoms with van der Waals surface area (Å²) in [7, 11) is 0. The van der Waals surface area contributed by atoms with Crippen molar-refractivity contribution >= 4 is 0 Å². The number of hydrogen-bond acceptors (Lipinski definition) is 3. The zero-order valence-corrected chi connectivity index (χ0v) is 13.7. The molecule has 2 aromatic rings. The summed E-state index contributed by atoms with van der Waals surface area (Å²) in [6.07, 6.45) is -3.16. The lowest BCUT2D eigenvalue weighted by Gasteiger charge is -2.09. The molecule has 7 heteroatoms. The van der Waals surface area contributed by atoms with Crippen LogP contribution in [0.3, 0.4) is 0 Å². The van der Waals surface area contributed by atoms with E-state index >= 15 is 0 Å². The lowest BCUT2D eigenvalue weighted by Crippen LogP contribution is -2.09. The Hall–Kier alpha value is -2.02. The van der Waals surface area contributed by atoms with E-state index in [2.05, 4.69) is 5.10 Å². The summed E-state index contributed by atoms with van der Waals surface area (Å²) in [5, 5.41) is 13.4. The van der Waals surface area contributed by atoms with E-state index in [-0.39, 0.29) is 12.7 Å². The normalized spacial score (nSPS) is 12.0. The van der Waals surface area contributed by atoms with Gasteiger partial charge in [0, 0.05) is 18.4 Å². The Morgan fingerprint density at radius 3 is 2.42 bits per heavy atom.